The van der Waals surface area contributed by atoms with Crippen LogP contribution in [0.2, 0.25) is 0 Å². The number of allylic oxidation sites excluding steroid dienone is 1. The molecule has 0 aromatic heterocycles. The van der Waals surface area contributed by atoms with Gasteiger partial charge in [-0.1, -0.05) is 18.2 Å². The van der Waals surface area contributed by atoms with E-state index in [1.807, 2.05) is 0 Å². The van der Waals surface area contributed by atoms with E-state index in [0.29, 0.717) is 17.4 Å². The molecule has 0 atom stereocenters. The molecule has 7 heteroatoms. The lowest BCUT2D eigenvalue weighted by Crippen LogP contribution is -2.27. The zero-order valence-electron chi connectivity index (χ0n) is 12.9. The maximum atomic E-state index is 12.0. The third-order valence-corrected chi connectivity index (χ3v) is 2.36. The summed E-state index contributed by atoms with van der Waals surface area (Å²) in [5.74, 6) is -2.10. The van der Waals surface area contributed by atoms with Crippen LogP contribution in [0.1, 0.15) is 26.3 Å². The van der Waals surface area contributed by atoms with Gasteiger partial charge in [-0.3, -0.25) is 4.79 Å². The molecule has 1 rings (SSSR count). The first-order chi connectivity index (χ1) is 10.5. The zero-order valence-corrected chi connectivity index (χ0v) is 12.9. The molecule has 0 radical (unpaired) electrons. The molecule has 23 heavy (non-hydrogen) atoms. The van der Waals surface area contributed by atoms with Crippen molar-refractivity contribution in [1.29, 1.82) is 0 Å². The van der Waals surface area contributed by atoms with Crippen molar-refractivity contribution < 1.29 is 32.2 Å². The lowest BCUT2D eigenvalue weighted by Gasteiger charge is -2.19. The van der Waals surface area contributed by atoms with Gasteiger partial charge in [0.1, 0.15) is 11.4 Å². The predicted octanol–water partition coefficient (Wildman–Crippen LogP) is 3.55. The molecule has 1 aromatic rings. The van der Waals surface area contributed by atoms with Crippen LogP contribution in [-0.2, 0) is 14.3 Å². The fourth-order valence-corrected chi connectivity index (χ4v) is 1.45. The average Bonchev–Trinajstić information content (AvgIpc) is 2.40. The van der Waals surface area contributed by atoms with E-state index in [-0.39, 0.29) is 6.61 Å². The standard InChI is InChI=1S/C16H17F3O4/c1-15(2,3)23-14(21)10-22-12-7-4-11(5-8-12)6-9-13(20)16(17,18)19/h4-9H,10H2,1-3H3. The molecule has 4 nitrogen and oxygen atoms in total. The second-order valence-electron chi connectivity index (χ2n) is 5.64. The molecule has 0 saturated carbocycles. The van der Waals surface area contributed by atoms with E-state index >= 15 is 0 Å². The van der Waals surface area contributed by atoms with Gasteiger partial charge in [0, 0.05) is 0 Å². The van der Waals surface area contributed by atoms with E-state index in [0.717, 1.165) is 6.08 Å². The molecule has 0 aliphatic rings. The SMILES string of the molecule is CC(C)(C)OC(=O)COc1ccc(C=CC(=O)C(F)(F)F)cc1. The Morgan fingerprint density at radius 3 is 2.13 bits per heavy atom. The number of rotatable bonds is 5. The zero-order chi connectivity index (χ0) is 17.7. The molecule has 0 aliphatic carbocycles. The molecule has 0 N–H and O–H groups in total. The highest BCUT2D eigenvalue weighted by molar-refractivity contribution is 5.97. The summed E-state index contributed by atoms with van der Waals surface area (Å²) in [7, 11) is 0. The van der Waals surface area contributed by atoms with Crippen molar-refractivity contribution in [2.45, 2.75) is 32.5 Å². The summed E-state index contributed by atoms with van der Waals surface area (Å²) in [6, 6.07) is 5.87. The van der Waals surface area contributed by atoms with Crippen molar-refractivity contribution in [2.75, 3.05) is 6.61 Å². The predicted molar refractivity (Wildman–Crippen MR) is 77.9 cm³/mol. The van der Waals surface area contributed by atoms with Gasteiger partial charge in [0.15, 0.2) is 6.61 Å². The molecular weight excluding hydrogens is 313 g/mol. The number of hydrogen-bond donors (Lipinski definition) is 0. The van der Waals surface area contributed by atoms with Crippen molar-refractivity contribution >= 4 is 17.8 Å². The lowest BCUT2D eigenvalue weighted by molar-refractivity contribution is -0.165. The molecule has 0 unspecified atom stereocenters. The van der Waals surface area contributed by atoms with Gasteiger partial charge in [-0.05, 0) is 44.5 Å². The van der Waals surface area contributed by atoms with Crippen LogP contribution < -0.4 is 4.74 Å². The highest BCUT2D eigenvalue weighted by Crippen LogP contribution is 2.18. The second kappa shape index (κ2) is 7.30. The minimum Gasteiger partial charge on any atom is -0.482 e. The molecule has 0 bridgehead atoms. The van der Waals surface area contributed by atoms with Gasteiger partial charge in [-0.25, -0.2) is 4.79 Å². The Balaban J connectivity index is 2.56. The number of halogens is 3. The van der Waals surface area contributed by atoms with Gasteiger partial charge >= 0.3 is 12.1 Å². The molecular formula is C16H17F3O4. The molecule has 0 heterocycles. The van der Waals surface area contributed by atoms with Crippen LogP contribution in [-0.4, -0.2) is 30.1 Å². The van der Waals surface area contributed by atoms with Crippen LogP contribution in [0.4, 0.5) is 13.2 Å². The van der Waals surface area contributed by atoms with E-state index in [9.17, 15) is 22.8 Å². The monoisotopic (exact) mass is 330 g/mol. The van der Waals surface area contributed by atoms with E-state index in [2.05, 4.69) is 0 Å². The van der Waals surface area contributed by atoms with Crippen molar-refractivity contribution in [2.24, 2.45) is 0 Å². The number of ether oxygens (including phenoxy) is 2. The van der Waals surface area contributed by atoms with Crippen LogP contribution in [0.15, 0.2) is 30.3 Å². The van der Waals surface area contributed by atoms with Crippen molar-refractivity contribution in [3.63, 3.8) is 0 Å². The largest absolute Gasteiger partial charge is 0.482 e. The first-order valence-corrected chi connectivity index (χ1v) is 6.71. The van der Waals surface area contributed by atoms with E-state index in [1.165, 1.54) is 24.3 Å². The van der Waals surface area contributed by atoms with E-state index in [1.54, 1.807) is 20.8 Å². The van der Waals surface area contributed by atoms with Gasteiger partial charge in [0.2, 0.25) is 0 Å². The lowest BCUT2D eigenvalue weighted by atomic mass is 10.2. The summed E-state index contributed by atoms with van der Waals surface area (Å²) in [4.78, 5) is 22.2. The number of ketones is 1. The van der Waals surface area contributed by atoms with Crippen LogP contribution in [0.5, 0.6) is 5.75 Å². The number of carbonyl (C=O) groups is 2. The average molecular weight is 330 g/mol. The summed E-state index contributed by atoms with van der Waals surface area (Å²) in [6.07, 6.45) is -3.38. The molecule has 1 aromatic carbocycles. The molecule has 0 saturated heterocycles. The summed E-state index contributed by atoms with van der Waals surface area (Å²) < 4.78 is 46.4. The minimum atomic E-state index is -4.88. The number of alkyl halides is 3. The van der Waals surface area contributed by atoms with Gasteiger partial charge in [-0.2, -0.15) is 13.2 Å². The number of benzene rings is 1. The maximum Gasteiger partial charge on any atom is 0.454 e. The van der Waals surface area contributed by atoms with E-state index in [4.69, 9.17) is 9.47 Å². The molecule has 0 spiro atoms. The number of carbonyl (C=O) groups excluding carboxylic acids is 2. The highest BCUT2D eigenvalue weighted by atomic mass is 19.4. The van der Waals surface area contributed by atoms with E-state index < -0.39 is 23.5 Å². The van der Waals surface area contributed by atoms with Gasteiger partial charge in [0.25, 0.3) is 5.78 Å². The summed E-state index contributed by atoms with van der Waals surface area (Å²) in [5, 5.41) is 0. The fourth-order valence-electron chi connectivity index (χ4n) is 1.45. The third-order valence-electron chi connectivity index (χ3n) is 2.36. The number of hydrogen-bond acceptors (Lipinski definition) is 4. The summed E-state index contributed by atoms with van der Waals surface area (Å²) in [6.45, 7) is 4.91. The van der Waals surface area contributed by atoms with Crippen LogP contribution in [0.25, 0.3) is 6.08 Å². The molecule has 0 amide bonds. The van der Waals surface area contributed by atoms with Crippen LogP contribution >= 0.6 is 0 Å². The second-order valence-corrected chi connectivity index (χ2v) is 5.64. The Hall–Kier alpha value is -2.31. The Bertz CT molecular complexity index is 581. The van der Waals surface area contributed by atoms with Gasteiger partial charge in [-0.15, -0.1) is 0 Å². The van der Waals surface area contributed by atoms with Crippen molar-refractivity contribution in [1.82, 2.24) is 0 Å². The summed E-state index contributed by atoms with van der Waals surface area (Å²) >= 11 is 0. The highest BCUT2D eigenvalue weighted by Gasteiger charge is 2.35. The molecule has 0 aliphatic heterocycles. The first kappa shape index (κ1) is 18.7. The molecule has 126 valence electrons. The van der Waals surface area contributed by atoms with Crippen molar-refractivity contribution in [3.05, 3.63) is 35.9 Å². The summed E-state index contributed by atoms with van der Waals surface area (Å²) in [5.41, 5.74) is -0.215. The Kier molecular flexibility index (Phi) is 5.95. The maximum absolute atomic E-state index is 12.0. The first-order valence-electron chi connectivity index (χ1n) is 6.71. The fraction of sp³-hybridized carbons (Fsp3) is 0.375. The third kappa shape index (κ3) is 7.49. The quantitative estimate of drug-likeness (QED) is 0.612. The van der Waals surface area contributed by atoms with Crippen LogP contribution in [0, 0.1) is 0 Å². The van der Waals surface area contributed by atoms with Crippen molar-refractivity contribution in [3.8, 4) is 5.75 Å². The minimum absolute atomic E-state index is 0.279. The Morgan fingerprint density at radius 2 is 1.65 bits per heavy atom. The Morgan fingerprint density at radius 1 is 1.09 bits per heavy atom. The normalized spacial score (nSPS) is 12.3. The van der Waals surface area contributed by atoms with Gasteiger partial charge < -0.3 is 9.47 Å². The van der Waals surface area contributed by atoms with Gasteiger partial charge in [0.05, 0.1) is 0 Å². The Labute approximate surface area is 131 Å². The smallest absolute Gasteiger partial charge is 0.454 e. The topological polar surface area (TPSA) is 52.6 Å². The van der Waals surface area contributed by atoms with Crippen LogP contribution in [0.3, 0.4) is 0 Å². The molecule has 0 fully saturated rings. The number of esters is 1.